The molecule has 0 saturated carbocycles. The van der Waals surface area contributed by atoms with Gasteiger partial charge in [0.2, 0.25) is 0 Å². The summed E-state index contributed by atoms with van der Waals surface area (Å²) >= 11 is 6.24. The summed E-state index contributed by atoms with van der Waals surface area (Å²) in [5, 5.41) is 3.26. The molecule has 0 atom stereocenters. The summed E-state index contributed by atoms with van der Waals surface area (Å²) < 4.78 is 6.10. The lowest BCUT2D eigenvalue weighted by Gasteiger charge is -2.14. The Bertz CT molecular complexity index is 1010. The fourth-order valence-corrected chi connectivity index (χ4v) is 3.57. The van der Waals surface area contributed by atoms with Crippen LogP contribution in [0.4, 0.5) is 10.5 Å². The molecule has 0 aliphatic carbocycles. The SMILES string of the molecule is NCCCCCOc1ccc(Cc2ccc(NC(N)=O)cc2)cc1-c1cccc(Cl)c1. The van der Waals surface area contributed by atoms with E-state index in [-0.39, 0.29) is 0 Å². The summed E-state index contributed by atoms with van der Waals surface area (Å²) in [7, 11) is 0. The Labute approximate surface area is 188 Å². The van der Waals surface area contributed by atoms with Crippen molar-refractivity contribution in [2.24, 2.45) is 11.5 Å². The molecule has 0 spiro atoms. The number of hydrogen-bond acceptors (Lipinski definition) is 3. The lowest BCUT2D eigenvalue weighted by atomic mass is 9.98. The van der Waals surface area contributed by atoms with Crippen LogP contribution in [0.5, 0.6) is 5.75 Å². The minimum Gasteiger partial charge on any atom is -0.493 e. The lowest BCUT2D eigenvalue weighted by Crippen LogP contribution is -2.19. The van der Waals surface area contributed by atoms with Crippen LogP contribution in [0.25, 0.3) is 11.1 Å². The maximum absolute atomic E-state index is 11.0. The van der Waals surface area contributed by atoms with E-state index >= 15 is 0 Å². The van der Waals surface area contributed by atoms with Crippen molar-refractivity contribution in [3.63, 3.8) is 0 Å². The van der Waals surface area contributed by atoms with Gasteiger partial charge in [-0.2, -0.15) is 0 Å². The van der Waals surface area contributed by atoms with E-state index in [1.165, 1.54) is 0 Å². The van der Waals surface area contributed by atoms with Gasteiger partial charge in [0.1, 0.15) is 5.75 Å². The van der Waals surface area contributed by atoms with E-state index in [0.29, 0.717) is 23.9 Å². The number of carbonyl (C=O) groups excluding carboxylic acids is 1. The van der Waals surface area contributed by atoms with Gasteiger partial charge < -0.3 is 21.5 Å². The number of ether oxygens (including phenoxy) is 1. The first kappa shape index (κ1) is 22.7. The van der Waals surface area contributed by atoms with Crippen LogP contribution in [0.1, 0.15) is 30.4 Å². The average molecular weight is 438 g/mol. The quantitative estimate of drug-likeness (QED) is 0.361. The van der Waals surface area contributed by atoms with Crippen LogP contribution in [0.15, 0.2) is 66.7 Å². The first-order valence-corrected chi connectivity index (χ1v) is 10.8. The van der Waals surface area contributed by atoms with Crippen molar-refractivity contribution in [3.8, 4) is 16.9 Å². The third kappa shape index (κ3) is 7.02. The number of unbranched alkanes of at least 4 members (excludes halogenated alkanes) is 2. The van der Waals surface area contributed by atoms with E-state index in [1.807, 2.05) is 54.6 Å². The Morgan fingerprint density at radius 2 is 1.71 bits per heavy atom. The van der Waals surface area contributed by atoms with E-state index < -0.39 is 6.03 Å². The van der Waals surface area contributed by atoms with Crippen molar-refractivity contribution in [3.05, 3.63) is 82.9 Å². The van der Waals surface area contributed by atoms with Crippen LogP contribution < -0.4 is 21.5 Å². The topological polar surface area (TPSA) is 90.4 Å². The predicted octanol–water partition coefficient (Wildman–Crippen LogP) is 5.60. The molecule has 0 bridgehead atoms. The van der Waals surface area contributed by atoms with Crippen LogP contribution in [0.2, 0.25) is 5.02 Å². The number of urea groups is 1. The number of carbonyl (C=O) groups is 1. The Hall–Kier alpha value is -3.02. The molecule has 3 aromatic rings. The third-order valence-electron chi connectivity index (χ3n) is 4.92. The van der Waals surface area contributed by atoms with Crippen LogP contribution >= 0.6 is 11.6 Å². The third-order valence-corrected chi connectivity index (χ3v) is 5.15. The number of hydrogen-bond donors (Lipinski definition) is 3. The molecule has 31 heavy (non-hydrogen) atoms. The van der Waals surface area contributed by atoms with E-state index in [4.69, 9.17) is 27.8 Å². The molecule has 0 radical (unpaired) electrons. The molecule has 3 rings (SSSR count). The fraction of sp³-hybridized carbons (Fsp3) is 0.240. The number of nitrogens with two attached hydrogens (primary N) is 2. The Morgan fingerprint density at radius 3 is 2.42 bits per heavy atom. The maximum Gasteiger partial charge on any atom is 0.316 e. The van der Waals surface area contributed by atoms with Gasteiger partial charge in [-0.1, -0.05) is 41.9 Å². The van der Waals surface area contributed by atoms with Gasteiger partial charge in [-0.25, -0.2) is 4.79 Å². The van der Waals surface area contributed by atoms with E-state index in [2.05, 4.69) is 17.4 Å². The summed E-state index contributed by atoms with van der Waals surface area (Å²) in [6.07, 6.45) is 3.79. The second-order valence-corrected chi connectivity index (χ2v) is 7.84. The second-order valence-electron chi connectivity index (χ2n) is 7.40. The summed E-state index contributed by atoms with van der Waals surface area (Å²) in [5.74, 6) is 0.847. The van der Waals surface area contributed by atoms with Crippen molar-refractivity contribution < 1.29 is 9.53 Å². The largest absolute Gasteiger partial charge is 0.493 e. The van der Waals surface area contributed by atoms with Crippen molar-refractivity contribution in [1.82, 2.24) is 0 Å². The van der Waals surface area contributed by atoms with Crippen LogP contribution in [-0.4, -0.2) is 19.2 Å². The zero-order chi connectivity index (χ0) is 22.1. The highest BCUT2D eigenvalue weighted by Crippen LogP contribution is 2.33. The van der Waals surface area contributed by atoms with Gasteiger partial charge in [0.15, 0.2) is 0 Å². The number of rotatable bonds is 10. The Kier molecular flexibility index (Phi) is 8.33. The number of amides is 2. The van der Waals surface area contributed by atoms with E-state index in [9.17, 15) is 4.79 Å². The molecule has 6 heteroatoms. The normalized spacial score (nSPS) is 10.6. The predicted molar refractivity (Wildman–Crippen MR) is 128 cm³/mol. The lowest BCUT2D eigenvalue weighted by molar-refractivity contribution is 0.259. The fourth-order valence-electron chi connectivity index (χ4n) is 3.38. The molecule has 2 amide bonds. The molecule has 5 N–H and O–H groups in total. The maximum atomic E-state index is 11.0. The monoisotopic (exact) mass is 437 g/mol. The molecule has 0 aliphatic heterocycles. The number of anilines is 1. The highest BCUT2D eigenvalue weighted by Gasteiger charge is 2.10. The van der Waals surface area contributed by atoms with Gasteiger partial charge in [-0.15, -0.1) is 0 Å². The molecule has 0 heterocycles. The zero-order valence-corrected chi connectivity index (χ0v) is 18.2. The van der Waals surface area contributed by atoms with Crippen LogP contribution in [0.3, 0.4) is 0 Å². The number of halogens is 1. The van der Waals surface area contributed by atoms with Crippen LogP contribution in [0, 0.1) is 0 Å². The standard InChI is InChI=1S/C25H28ClN3O2/c26-21-6-4-5-20(17-21)23-16-19(9-12-24(23)31-14-3-1-2-13-27)15-18-7-10-22(11-8-18)29-25(28)30/h4-12,16-17H,1-3,13-15,27H2,(H3,28,29,30). The highest BCUT2D eigenvalue weighted by molar-refractivity contribution is 6.30. The van der Waals surface area contributed by atoms with Gasteiger partial charge in [-0.05, 0) is 85.3 Å². The van der Waals surface area contributed by atoms with Gasteiger partial charge in [0.05, 0.1) is 6.61 Å². The molecular formula is C25H28ClN3O2. The first-order chi connectivity index (χ1) is 15.0. The zero-order valence-electron chi connectivity index (χ0n) is 17.4. The average Bonchev–Trinajstić information content (AvgIpc) is 2.75. The smallest absolute Gasteiger partial charge is 0.316 e. The summed E-state index contributed by atoms with van der Waals surface area (Å²) in [6, 6.07) is 21.1. The van der Waals surface area contributed by atoms with Crippen molar-refractivity contribution in [1.29, 1.82) is 0 Å². The van der Waals surface area contributed by atoms with Crippen LogP contribution in [-0.2, 0) is 6.42 Å². The minimum absolute atomic E-state index is 0.572. The van der Waals surface area contributed by atoms with Gasteiger partial charge in [0.25, 0.3) is 0 Å². The van der Waals surface area contributed by atoms with Crippen molar-refractivity contribution in [2.45, 2.75) is 25.7 Å². The van der Waals surface area contributed by atoms with Gasteiger partial charge in [0, 0.05) is 16.3 Å². The summed E-state index contributed by atoms with van der Waals surface area (Å²) in [4.78, 5) is 11.0. The van der Waals surface area contributed by atoms with Gasteiger partial charge >= 0.3 is 6.03 Å². The summed E-state index contributed by atoms with van der Waals surface area (Å²) in [6.45, 7) is 1.36. The molecular weight excluding hydrogens is 410 g/mol. The van der Waals surface area contributed by atoms with E-state index in [0.717, 1.165) is 53.7 Å². The molecule has 5 nitrogen and oxygen atoms in total. The number of primary amides is 1. The van der Waals surface area contributed by atoms with Crippen molar-refractivity contribution >= 4 is 23.3 Å². The first-order valence-electron chi connectivity index (χ1n) is 10.4. The van der Waals surface area contributed by atoms with Gasteiger partial charge in [-0.3, -0.25) is 0 Å². The van der Waals surface area contributed by atoms with E-state index in [1.54, 1.807) is 0 Å². The Morgan fingerprint density at radius 1 is 0.935 bits per heavy atom. The molecule has 0 fully saturated rings. The number of nitrogens with one attached hydrogen (secondary N) is 1. The molecule has 0 unspecified atom stereocenters. The number of benzene rings is 3. The molecule has 162 valence electrons. The summed E-state index contributed by atoms with van der Waals surface area (Å²) in [5.41, 5.74) is 15.7. The van der Waals surface area contributed by atoms with Crippen molar-refractivity contribution in [2.75, 3.05) is 18.5 Å². The second kappa shape index (κ2) is 11.4. The molecule has 3 aromatic carbocycles. The molecule has 0 aliphatic rings. The Balaban J connectivity index is 1.80. The molecule has 0 saturated heterocycles. The highest BCUT2D eigenvalue weighted by atomic mass is 35.5. The molecule has 0 aromatic heterocycles. The minimum atomic E-state index is -0.572.